The van der Waals surface area contributed by atoms with E-state index in [1.807, 2.05) is 36.4 Å². The van der Waals surface area contributed by atoms with Crippen LogP contribution in [0.2, 0.25) is 0 Å². The number of para-hydroxylation sites is 2. The molecule has 1 fully saturated rings. The molecule has 0 spiro atoms. The average Bonchev–Trinajstić information content (AvgIpc) is 2.67. The molecule has 4 rings (SSSR count). The second-order valence-corrected chi connectivity index (χ2v) is 6.05. The molecule has 1 saturated heterocycles. The number of fused-ring (bicyclic) bond motifs is 1. The fourth-order valence-electron chi connectivity index (χ4n) is 3.22. The number of nitrogens with one attached hydrogen (secondary N) is 1. The first-order valence-corrected chi connectivity index (χ1v) is 8.31. The molecule has 1 N–H and O–H groups in total. The topological polar surface area (TPSA) is 69.3 Å². The molecule has 0 saturated carbocycles. The van der Waals surface area contributed by atoms with E-state index >= 15 is 0 Å². The zero-order valence-electron chi connectivity index (χ0n) is 13.7. The third kappa shape index (κ3) is 2.98. The lowest BCUT2D eigenvalue weighted by molar-refractivity contribution is 0.0742. The van der Waals surface area contributed by atoms with Crippen molar-refractivity contribution in [1.82, 2.24) is 14.9 Å². The number of aromatic amines is 1. The summed E-state index contributed by atoms with van der Waals surface area (Å²) in [6.07, 6.45) is 0. The molecule has 2 heterocycles. The molecule has 1 aliphatic heterocycles. The van der Waals surface area contributed by atoms with Crippen LogP contribution in [0.5, 0.6) is 0 Å². The Labute approximate surface area is 144 Å². The standard InChI is InChI=1S/C19H18N4O2/c24-18(17-15-8-4-5-9-16(15)20-19(25)21-17)23-12-10-22(11-13-23)14-6-2-1-3-7-14/h1-9H,10-13H2,(H,20,21,25). The van der Waals surface area contributed by atoms with Gasteiger partial charge in [-0.1, -0.05) is 36.4 Å². The molecule has 6 nitrogen and oxygen atoms in total. The lowest BCUT2D eigenvalue weighted by Crippen LogP contribution is -2.49. The number of benzene rings is 2. The van der Waals surface area contributed by atoms with E-state index in [4.69, 9.17) is 0 Å². The largest absolute Gasteiger partial charge is 0.368 e. The van der Waals surface area contributed by atoms with Gasteiger partial charge in [0.2, 0.25) is 0 Å². The van der Waals surface area contributed by atoms with Crippen LogP contribution in [-0.4, -0.2) is 47.0 Å². The van der Waals surface area contributed by atoms with Gasteiger partial charge in [0, 0.05) is 37.3 Å². The first-order chi connectivity index (χ1) is 12.2. The number of carbonyl (C=O) groups is 1. The summed E-state index contributed by atoms with van der Waals surface area (Å²) in [5.41, 5.74) is 1.53. The Hall–Kier alpha value is -3.15. The fraction of sp³-hybridized carbons (Fsp3) is 0.211. The van der Waals surface area contributed by atoms with Gasteiger partial charge >= 0.3 is 5.69 Å². The molecule has 0 aliphatic carbocycles. The predicted octanol–water partition coefficient (Wildman–Crippen LogP) is 1.89. The maximum atomic E-state index is 12.9. The predicted molar refractivity (Wildman–Crippen MR) is 96.9 cm³/mol. The van der Waals surface area contributed by atoms with Crippen LogP contribution in [0.25, 0.3) is 10.9 Å². The van der Waals surface area contributed by atoms with Crippen molar-refractivity contribution in [1.29, 1.82) is 0 Å². The lowest BCUT2D eigenvalue weighted by Gasteiger charge is -2.36. The van der Waals surface area contributed by atoms with Gasteiger partial charge in [-0.25, -0.2) is 4.79 Å². The van der Waals surface area contributed by atoms with Gasteiger partial charge in [-0.2, -0.15) is 4.98 Å². The fourth-order valence-corrected chi connectivity index (χ4v) is 3.22. The molecule has 6 heteroatoms. The smallest absolute Gasteiger partial charge is 0.346 e. The van der Waals surface area contributed by atoms with Gasteiger partial charge in [-0.3, -0.25) is 4.79 Å². The number of hydrogen-bond acceptors (Lipinski definition) is 4. The summed E-state index contributed by atoms with van der Waals surface area (Å²) in [7, 11) is 0. The van der Waals surface area contributed by atoms with Gasteiger partial charge in [0.15, 0.2) is 0 Å². The van der Waals surface area contributed by atoms with Crippen molar-refractivity contribution < 1.29 is 4.79 Å². The molecule has 2 aromatic carbocycles. The van der Waals surface area contributed by atoms with Crippen molar-refractivity contribution in [3.63, 3.8) is 0 Å². The van der Waals surface area contributed by atoms with Crippen LogP contribution in [0, 0.1) is 0 Å². The van der Waals surface area contributed by atoms with Gasteiger partial charge < -0.3 is 14.8 Å². The molecule has 1 aliphatic rings. The van der Waals surface area contributed by atoms with E-state index in [1.165, 1.54) is 0 Å². The van der Waals surface area contributed by atoms with Gasteiger partial charge in [0.05, 0.1) is 5.52 Å². The normalized spacial score (nSPS) is 14.7. The number of hydrogen-bond donors (Lipinski definition) is 1. The Morgan fingerprint density at radius 2 is 1.60 bits per heavy atom. The zero-order valence-corrected chi connectivity index (χ0v) is 13.7. The maximum Gasteiger partial charge on any atom is 0.346 e. The number of anilines is 1. The number of rotatable bonds is 2. The zero-order chi connectivity index (χ0) is 17.2. The molecule has 1 aromatic heterocycles. The summed E-state index contributed by atoms with van der Waals surface area (Å²) >= 11 is 0. The minimum atomic E-state index is -0.495. The van der Waals surface area contributed by atoms with Gasteiger partial charge in [0.25, 0.3) is 5.91 Å². The molecule has 3 aromatic rings. The van der Waals surface area contributed by atoms with E-state index in [2.05, 4.69) is 27.0 Å². The Bertz CT molecular complexity index is 960. The minimum absolute atomic E-state index is 0.185. The summed E-state index contributed by atoms with van der Waals surface area (Å²) in [5, 5.41) is 0.678. The summed E-state index contributed by atoms with van der Waals surface area (Å²) in [6.45, 7) is 2.74. The van der Waals surface area contributed by atoms with Gasteiger partial charge in [0.1, 0.15) is 5.69 Å². The Morgan fingerprint density at radius 1 is 0.920 bits per heavy atom. The van der Waals surface area contributed by atoms with Crippen LogP contribution in [0.3, 0.4) is 0 Å². The SMILES string of the molecule is O=C(c1nc(=O)[nH]c2ccccc12)N1CCN(c2ccccc2)CC1. The van der Waals surface area contributed by atoms with Crippen molar-refractivity contribution in [3.05, 3.63) is 70.8 Å². The van der Waals surface area contributed by atoms with Crippen LogP contribution in [0.1, 0.15) is 10.5 Å². The van der Waals surface area contributed by atoms with Crippen molar-refractivity contribution in [2.45, 2.75) is 0 Å². The van der Waals surface area contributed by atoms with Crippen molar-refractivity contribution in [2.24, 2.45) is 0 Å². The summed E-state index contributed by atoms with van der Waals surface area (Å²) < 4.78 is 0. The average molecular weight is 334 g/mol. The molecule has 0 bridgehead atoms. The minimum Gasteiger partial charge on any atom is -0.368 e. The van der Waals surface area contributed by atoms with Crippen LogP contribution in [-0.2, 0) is 0 Å². The number of amides is 1. The number of H-pyrrole nitrogens is 1. The van der Waals surface area contributed by atoms with Gasteiger partial charge in [-0.15, -0.1) is 0 Å². The van der Waals surface area contributed by atoms with E-state index in [0.717, 1.165) is 18.8 Å². The third-order valence-corrected chi connectivity index (χ3v) is 4.53. The quantitative estimate of drug-likeness (QED) is 0.777. The number of piperazine rings is 1. The summed E-state index contributed by atoms with van der Waals surface area (Å²) in [5.74, 6) is -0.185. The molecule has 0 unspecified atom stereocenters. The van der Waals surface area contributed by atoms with Crippen LogP contribution in [0.15, 0.2) is 59.4 Å². The lowest BCUT2D eigenvalue weighted by atomic mass is 10.1. The van der Waals surface area contributed by atoms with Crippen molar-refractivity contribution >= 4 is 22.5 Å². The second kappa shape index (κ2) is 6.39. The molecule has 1 amide bonds. The maximum absolute atomic E-state index is 12.9. The molecule has 0 radical (unpaired) electrons. The molecule has 126 valence electrons. The number of nitrogens with zero attached hydrogens (tertiary/aromatic N) is 3. The summed E-state index contributed by atoms with van der Waals surface area (Å²) in [6, 6.07) is 17.4. The highest BCUT2D eigenvalue weighted by Gasteiger charge is 2.24. The Balaban J connectivity index is 1.56. The van der Waals surface area contributed by atoms with Crippen LogP contribution >= 0.6 is 0 Å². The monoisotopic (exact) mass is 334 g/mol. The second-order valence-electron chi connectivity index (χ2n) is 6.05. The van der Waals surface area contributed by atoms with Gasteiger partial charge in [-0.05, 0) is 18.2 Å². The highest BCUT2D eigenvalue weighted by molar-refractivity contribution is 6.04. The first kappa shape index (κ1) is 15.4. The Kier molecular flexibility index (Phi) is 3.93. The van der Waals surface area contributed by atoms with Crippen molar-refractivity contribution in [2.75, 3.05) is 31.1 Å². The highest BCUT2D eigenvalue weighted by atomic mass is 16.2. The number of aromatic nitrogens is 2. The third-order valence-electron chi connectivity index (χ3n) is 4.53. The van der Waals surface area contributed by atoms with Crippen LogP contribution in [0.4, 0.5) is 5.69 Å². The van der Waals surface area contributed by atoms with E-state index in [9.17, 15) is 9.59 Å². The summed E-state index contributed by atoms with van der Waals surface area (Å²) in [4.78, 5) is 35.3. The van der Waals surface area contributed by atoms with E-state index in [-0.39, 0.29) is 11.6 Å². The van der Waals surface area contributed by atoms with E-state index in [0.29, 0.717) is 24.0 Å². The molecule has 25 heavy (non-hydrogen) atoms. The van der Waals surface area contributed by atoms with Crippen molar-refractivity contribution in [3.8, 4) is 0 Å². The van der Waals surface area contributed by atoms with E-state index in [1.54, 1.807) is 11.0 Å². The number of carbonyl (C=O) groups excluding carboxylic acids is 1. The van der Waals surface area contributed by atoms with Crippen LogP contribution < -0.4 is 10.6 Å². The van der Waals surface area contributed by atoms with E-state index < -0.39 is 5.69 Å². The molecule has 0 atom stereocenters. The molecular weight excluding hydrogens is 316 g/mol. The highest BCUT2D eigenvalue weighted by Crippen LogP contribution is 2.18. The molecular formula is C19H18N4O2. The first-order valence-electron chi connectivity index (χ1n) is 8.31. The Morgan fingerprint density at radius 3 is 2.36 bits per heavy atom.